The first-order valence-electron chi connectivity index (χ1n) is 7.36. The van der Waals surface area contributed by atoms with Crippen molar-refractivity contribution in [1.29, 1.82) is 0 Å². The van der Waals surface area contributed by atoms with Crippen LogP contribution in [-0.2, 0) is 7.05 Å². The van der Waals surface area contributed by atoms with Crippen LogP contribution in [0.3, 0.4) is 0 Å². The van der Waals surface area contributed by atoms with Gasteiger partial charge in [0.05, 0.1) is 10.6 Å². The molecule has 0 spiro atoms. The van der Waals surface area contributed by atoms with Gasteiger partial charge in [0, 0.05) is 13.0 Å². The fraction of sp³-hybridized carbons (Fsp3) is 0.294. The number of rotatable bonds is 2. The van der Waals surface area contributed by atoms with E-state index in [-0.39, 0.29) is 11.3 Å². The van der Waals surface area contributed by atoms with Gasteiger partial charge in [0.15, 0.2) is 5.65 Å². The highest BCUT2D eigenvalue weighted by Crippen LogP contribution is 2.45. The summed E-state index contributed by atoms with van der Waals surface area (Å²) in [6.07, 6.45) is 2.30. The molecular weight excluding hydrogens is 296 g/mol. The van der Waals surface area contributed by atoms with Gasteiger partial charge in [-0.1, -0.05) is 24.3 Å². The van der Waals surface area contributed by atoms with Crippen LogP contribution in [0.5, 0.6) is 5.75 Å². The van der Waals surface area contributed by atoms with E-state index >= 15 is 0 Å². The molecule has 0 amide bonds. The number of nitrogens with zero attached hydrogens (tertiary/aromatic N) is 2. The molecule has 1 aliphatic carbocycles. The molecule has 2 aromatic heterocycles. The zero-order valence-corrected chi connectivity index (χ0v) is 13.3. The van der Waals surface area contributed by atoms with Crippen LogP contribution >= 0.6 is 11.3 Å². The summed E-state index contributed by atoms with van der Waals surface area (Å²) in [5.74, 6) is 0.575. The van der Waals surface area contributed by atoms with Crippen LogP contribution < -0.4 is 5.56 Å². The third kappa shape index (κ3) is 1.89. The van der Waals surface area contributed by atoms with Crippen molar-refractivity contribution in [3.63, 3.8) is 0 Å². The largest absolute Gasteiger partial charge is 0.505 e. The molecule has 1 saturated carbocycles. The molecule has 1 fully saturated rings. The average molecular weight is 312 g/mol. The second-order valence-corrected chi connectivity index (χ2v) is 6.91. The van der Waals surface area contributed by atoms with E-state index < -0.39 is 0 Å². The van der Waals surface area contributed by atoms with Gasteiger partial charge in [-0.25, -0.2) is 4.98 Å². The summed E-state index contributed by atoms with van der Waals surface area (Å²) < 4.78 is 2.27. The SMILES string of the molecule is Cc1ccccc1-c1c(O)c2sc(C3CC3)nc2n(C)c1=O. The number of aromatic hydroxyl groups is 1. The molecule has 0 radical (unpaired) electrons. The van der Waals surface area contributed by atoms with Crippen molar-refractivity contribution in [2.45, 2.75) is 25.7 Å². The molecule has 0 aliphatic heterocycles. The van der Waals surface area contributed by atoms with E-state index in [1.54, 1.807) is 11.6 Å². The highest BCUT2D eigenvalue weighted by molar-refractivity contribution is 7.19. The third-order valence-electron chi connectivity index (χ3n) is 4.25. The Morgan fingerprint density at radius 2 is 2.05 bits per heavy atom. The molecule has 0 bridgehead atoms. The molecule has 0 saturated heterocycles. The van der Waals surface area contributed by atoms with Crippen molar-refractivity contribution in [3.8, 4) is 16.9 Å². The number of hydrogen-bond donors (Lipinski definition) is 1. The van der Waals surface area contributed by atoms with Gasteiger partial charge in [0.2, 0.25) is 0 Å². The van der Waals surface area contributed by atoms with Crippen LogP contribution in [-0.4, -0.2) is 14.7 Å². The van der Waals surface area contributed by atoms with Gasteiger partial charge in [-0.05, 0) is 30.9 Å². The van der Waals surface area contributed by atoms with Crippen LogP contribution in [0.15, 0.2) is 29.1 Å². The Bertz CT molecular complexity index is 951. The molecule has 3 aromatic rings. The lowest BCUT2D eigenvalue weighted by molar-refractivity contribution is 0.482. The number of pyridine rings is 1. The van der Waals surface area contributed by atoms with Crippen LogP contribution in [0.1, 0.15) is 29.3 Å². The number of fused-ring (bicyclic) bond motifs is 1. The maximum absolute atomic E-state index is 12.7. The maximum Gasteiger partial charge on any atom is 0.263 e. The minimum Gasteiger partial charge on any atom is -0.505 e. The summed E-state index contributed by atoms with van der Waals surface area (Å²) in [6, 6.07) is 7.63. The van der Waals surface area contributed by atoms with Gasteiger partial charge in [-0.15, -0.1) is 11.3 Å². The smallest absolute Gasteiger partial charge is 0.263 e. The monoisotopic (exact) mass is 312 g/mol. The van der Waals surface area contributed by atoms with Gasteiger partial charge in [0.25, 0.3) is 5.56 Å². The van der Waals surface area contributed by atoms with E-state index in [1.165, 1.54) is 11.3 Å². The molecule has 0 atom stereocenters. The van der Waals surface area contributed by atoms with E-state index in [4.69, 9.17) is 0 Å². The molecule has 4 rings (SSSR count). The summed E-state index contributed by atoms with van der Waals surface area (Å²) in [5, 5.41) is 11.7. The minimum absolute atomic E-state index is 0.0665. The fourth-order valence-electron chi connectivity index (χ4n) is 2.79. The first-order chi connectivity index (χ1) is 10.6. The molecule has 1 aliphatic rings. The van der Waals surface area contributed by atoms with E-state index in [9.17, 15) is 9.90 Å². The Hall–Kier alpha value is -2.14. The number of thiazole rings is 1. The van der Waals surface area contributed by atoms with Crippen LogP contribution in [0.4, 0.5) is 0 Å². The standard InChI is InChI=1S/C17H16N2O2S/c1-9-5-3-4-6-11(9)12-13(20)14-15(19(2)17(12)21)18-16(22-14)10-7-8-10/h3-6,10,20H,7-8H2,1-2H3. The topological polar surface area (TPSA) is 55.1 Å². The van der Waals surface area contributed by atoms with Crippen molar-refractivity contribution in [3.05, 3.63) is 45.2 Å². The maximum atomic E-state index is 12.7. The van der Waals surface area contributed by atoms with Crippen molar-refractivity contribution in [2.24, 2.45) is 7.05 Å². The Kier molecular flexibility index (Phi) is 2.87. The zero-order chi connectivity index (χ0) is 15.4. The molecule has 2 heterocycles. The Labute approximate surface area is 131 Å². The van der Waals surface area contributed by atoms with Gasteiger partial charge < -0.3 is 5.11 Å². The molecule has 112 valence electrons. The highest BCUT2D eigenvalue weighted by Gasteiger charge is 2.29. The first-order valence-corrected chi connectivity index (χ1v) is 8.18. The lowest BCUT2D eigenvalue weighted by Gasteiger charge is -2.10. The van der Waals surface area contributed by atoms with Crippen molar-refractivity contribution < 1.29 is 5.11 Å². The van der Waals surface area contributed by atoms with Gasteiger partial charge in [-0.2, -0.15) is 0 Å². The van der Waals surface area contributed by atoms with Crippen LogP contribution in [0.2, 0.25) is 0 Å². The van der Waals surface area contributed by atoms with E-state index in [2.05, 4.69) is 4.98 Å². The molecule has 0 unspecified atom stereocenters. The summed E-state index contributed by atoms with van der Waals surface area (Å²) in [4.78, 5) is 17.3. The predicted octanol–water partition coefficient (Wildman–Crippen LogP) is 3.55. The Morgan fingerprint density at radius 3 is 2.73 bits per heavy atom. The zero-order valence-electron chi connectivity index (χ0n) is 12.5. The molecular formula is C17H16N2O2S. The second kappa shape index (κ2) is 4.68. The Balaban J connectivity index is 2.07. The van der Waals surface area contributed by atoms with Gasteiger partial charge >= 0.3 is 0 Å². The summed E-state index contributed by atoms with van der Waals surface area (Å²) in [5.41, 5.74) is 2.52. The number of aromatic nitrogens is 2. The molecule has 1 N–H and O–H groups in total. The highest BCUT2D eigenvalue weighted by atomic mass is 32.1. The summed E-state index contributed by atoms with van der Waals surface area (Å²) in [6.45, 7) is 1.95. The van der Waals surface area contributed by atoms with Crippen molar-refractivity contribution in [2.75, 3.05) is 0 Å². The lowest BCUT2D eigenvalue weighted by Crippen LogP contribution is -2.19. The van der Waals surface area contributed by atoms with E-state index in [0.29, 0.717) is 21.8 Å². The average Bonchev–Trinajstić information content (AvgIpc) is 3.26. The second-order valence-electron chi connectivity index (χ2n) is 5.88. The lowest BCUT2D eigenvalue weighted by atomic mass is 10.0. The quantitative estimate of drug-likeness (QED) is 0.787. The van der Waals surface area contributed by atoms with Crippen molar-refractivity contribution in [1.82, 2.24) is 9.55 Å². The third-order valence-corrected chi connectivity index (χ3v) is 5.47. The number of benzene rings is 1. The molecule has 22 heavy (non-hydrogen) atoms. The van der Waals surface area contributed by atoms with E-state index in [1.807, 2.05) is 31.2 Å². The number of aryl methyl sites for hydroxylation is 2. The number of hydrogen-bond acceptors (Lipinski definition) is 4. The van der Waals surface area contributed by atoms with Gasteiger partial charge in [0.1, 0.15) is 10.4 Å². The van der Waals surface area contributed by atoms with Crippen molar-refractivity contribution >= 4 is 21.7 Å². The van der Waals surface area contributed by atoms with E-state index in [0.717, 1.165) is 29.0 Å². The predicted molar refractivity (Wildman–Crippen MR) is 88.7 cm³/mol. The first kappa shape index (κ1) is 13.5. The summed E-state index contributed by atoms with van der Waals surface area (Å²) >= 11 is 1.51. The van der Waals surface area contributed by atoms with Crippen LogP contribution in [0, 0.1) is 6.92 Å². The Morgan fingerprint density at radius 1 is 1.32 bits per heavy atom. The van der Waals surface area contributed by atoms with Crippen LogP contribution in [0.25, 0.3) is 21.5 Å². The van der Waals surface area contributed by atoms with Gasteiger partial charge in [-0.3, -0.25) is 9.36 Å². The molecule has 4 nitrogen and oxygen atoms in total. The minimum atomic E-state index is -0.202. The fourth-order valence-corrected chi connectivity index (χ4v) is 4.01. The molecule has 5 heteroatoms. The summed E-state index contributed by atoms with van der Waals surface area (Å²) in [7, 11) is 1.72. The molecule has 1 aromatic carbocycles. The normalized spacial score (nSPS) is 14.6.